The molecule has 1 atom stereocenters. The van der Waals surface area contributed by atoms with Crippen molar-refractivity contribution in [2.75, 3.05) is 13.2 Å². The van der Waals surface area contributed by atoms with Crippen molar-refractivity contribution in [1.29, 1.82) is 0 Å². The Hall–Kier alpha value is 0.210. The first-order valence-corrected chi connectivity index (χ1v) is 4.48. The predicted octanol–water partition coefficient (Wildman–Crippen LogP) is 1.96. The average molecular weight is 194 g/mol. The lowest BCUT2D eigenvalue weighted by Gasteiger charge is -2.38. The number of ether oxygens (including phenoxy) is 1. The van der Waals surface area contributed by atoms with Crippen molar-refractivity contribution in [2.24, 2.45) is 11.1 Å². The van der Waals surface area contributed by atoms with Gasteiger partial charge in [-0.1, -0.05) is 13.8 Å². The zero-order chi connectivity index (χ0) is 8.32. The molecule has 0 amide bonds. The van der Waals surface area contributed by atoms with Crippen LogP contribution < -0.4 is 5.73 Å². The molecule has 1 fully saturated rings. The van der Waals surface area contributed by atoms with Crippen molar-refractivity contribution >= 4 is 12.4 Å². The van der Waals surface area contributed by atoms with Gasteiger partial charge in [-0.2, -0.15) is 0 Å². The normalized spacial score (nSPS) is 27.8. The molecule has 0 radical (unpaired) electrons. The van der Waals surface area contributed by atoms with Gasteiger partial charge < -0.3 is 10.5 Å². The van der Waals surface area contributed by atoms with Crippen LogP contribution in [0.1, 0.15) is 33.1 Å². The van der Waals surface area contributed by atoms with Crippen molar-refractivity contribution in [1.82, 2.24) is 0 Å². The summed E-state index contributed by atoms with van der Waals surface area (Å²) in [6.07, 6.45) is 3.87. The molecule has 1 saturated heterocycles. The lowest BCUT2D eigenvalue weighted by atomic mass is 9.79. The van der Waals surface area contributed by atoms with Crippen LogP contribution >= 0.6 is 12.4 Å². The molecule has 2 nitrogen and oxygen atoms in total. The predicted molar refractivity (Wildman–Crippen MR) is 53.7 cm³/mol. The van der Waals surface area contributed by atoms with Crippen molar-refractivity contribution in [3.8, 4) is 0 Å². The van der Waals surface area contributed by atoms with Crippen LogP contribution in [0.4, 0.5) is 0 Å². The van der Waals surface area contributed by atoms with E-state index in [-0.39, 0.29) is 12.4 Å². The van der Waals surface area contributed by atoms with Crippen LogP contribution in [-0.2, 0) is 4.74 Å². The van der Waals surface area contributed by atoms with E-state index in [1.807, 2.05) is 0 Å². The molecule has 1 unspecified atom stereocenters. The number of hydrogen-bond donors (Lipinski definition) is 1. The van der Waals surface area contributed by atoms with Crippen LogP contribution in [0, 0.1) is 5.41 Å². The molecule has 1 heterocycles. The highest BCUT2D eigenvalue weighted by Gasteiger charge is 2.32. The molecule has 1 aliphatic heterocycles. The second-order valence-electron chi connectivity index (χ2n) is 4.03. The molecule has 0 aromatic rings. The fraction of sp³-hybridized carbons (Fsp3) is 1.00. The largest absolute Gasteiger partial charge is 0.378 e. The molecule has 0 saturated carbocycles. The van der Waals surface area contributed by atoms with Gasteiger partial charge in [-0.05, 0) is 31.2 Å². The highest BCUT2D eigenvalue weighted by molar-refractivity contribution is 5.85. The molecular weight excluding hydrogens is 174 g/mol. The minimum absolute atomic E-state index is 0. The molecule has 74 valence electrons. The van der Waals surface area contributed by atoms with Gasteiger partial charge in [0.2, 0.25) is 0 Å². The van der Waals surface area contributed by atoms with Gasteiger partial charge in [0.05, 0.1) is 6.10 Å². The third-order valence-corrected chi connectivity index (χ3v) is 2.58. The molecule has 0 spiro atoms. The monoisotopic (exact) mass is 193 g/mol. The molecular formula is C9H20ClNO. The first-order valence-electron chi connectivity index (χ1n) is 4.48. The molecule has 0 aliphatic carbocycles. The summed E-state index contributed by atoms with van der Waals surface area (Å²) >= 11 is 0. The molecule has 0 bridgehead atoms. The second-order valence-corrected chi connectivity index (χ2v) is 4.03. The van der Waals surface area contributed by atoms with Crippen LogP contribution in [0.25, 0.3) is 0 Å². The molecule has 12 heavy (non-hydrogen) atoms. The summed E-state index contributed by atoms with van der Waals surface area (Å²) in [4.78, 5) is 0. The average Bonchev–Trinajstić information content (AvgIpc) is 1.94. The summed E-state index contributed by atoms with van der Waals surface area (Å²) in [5.74, 6) is 0. The fourth-order valence-electron chi connectivity index (χ4n) is 1.77. The Morgan fingerprint density at radius 3 is 2.67 bits per heavy atom. The maximum atomic E-state index is 5.65. The maximum Gasteiger partial charge on any atom is 0.0638 e. The van der Waals surface area contributed by atoms with Crippen molar-refractivity contribution in [3.05, 3.63) is 0 Å². The SMILES string of the molecule is CC1(C)CCCOC1CCN.Cl. The fourth-order valence-corrected chi connectivity index (χ4v) is 1.77. The van der Waals surface area contributed by atoms with Crippen LogP contribution in [0.2, 0.25) is 0 Å². The molecule has 1 aliphatic rings. The highest BCUT2D eigenvalue weighted by atomic mass is 35.5. The van der Waals surface area contributed by atoms with Gasteiger partial charge in [0.1, 0.15) is 0 Å². The molecule has 0 aromatic carbocycles. The third-order valence-electron chi connectivity index (χ3n) is 2.58. The van der Waals surface area contributed by atoms with Gasteiger partial charge in [0.15, 0.2) is 0 Å². The Morgan fingerprint density at radius 1 is 1.50 bits per heavy atom. The van der Waals surface area contributed by atoms with E-state index >= 15 is 0 Å². The molecule has 3 heteroatoms. The zero-order valence-electron chi connectivity index (χ0n) is 8.01. The first-order chi connectivity index (χ1) is 5.17. The van der Waals surface area contributed by atoms with Gasteiger partial charge >= 0.3 is 0 Å². The summed E-state index contributed by atoms with van der Waals surface area (Å²) in [7, 11) is 0. The van der Waals surface area contributed by atoms with Crippen molar-refractivity contribution in [2.45, 2.75) is 39.2 Å². The minimum Gasteiger partial charge on any atom is -0.378 e. The van der Waals surface area contributed by atoms with E-state index in [2.05, 4.69) is 13.8 Å². The summed E-state index contributed by atoms with van der Waals surface area (Å²) in [6.45, 7) is 6.21. The van der Waals surface area contributed by atoms with Crippen LogP contribution in [0.15, 0.2) is 0 Å². The van der Waals surface area contributed by atoms with Crippen LogP contribution in [-0.4, -0.2) is 19.3 Å². The molecule has 1 rings (SSSR count). The standard InChI is InChI=1S/C9H19NO.ClH/c1-9(2)5-3-7-11-8(9)4-6-10;/h8H,3-7,10H2,1-2H3;1H. The van der Waals surface area contributed by atoms with Crippen molar-refractivity contribution < 1.29 is 4.74 Å². The van der Waals surface area contributed by atoms with Crippen molar-refractivity contribution in [3.63, 3.8) is 0 Å². The van der Waals surface area contributed by atoms with Crippen LogP contribution in [0.3, 0.4) is 0 Å². The number of halogens is 1. The van der Waals surface area contributed by atoms with E-state index in [1.165, 1.54) is 12.8 Å². The van der Waals surface area contributed by atoms with Gasteiger partial charge in [-0.3, -0.25) is 0 Å². The van der Waals surface area contributed by atoms with E-state index in [0.717, 1.165) is 19.6 Å². The van der Waals surface area contributed by atoms with E-state index < -0.39 is 0 Å². The minimum atomic E-state index is 0. The smallest absolute Gasteiger partial charge is 0.0638 e. The van der Waals surface area contributed by atoms with Gasteiger partial charge in [0, 0.05) is 6.61 Å². The number of hydrogen-bond acceptors (Lipinski definition) is 2. The quantitative estimate of drug-likeness (QED) is 0.728. The Labute approximate surface area is 81.3 Å². The third kappa shape index (κ3) is 2.92. The Morgan fingerprint density at radius 2 is 2.17 bits per heavy atom. The maximum absolute atomic E-state index is 5.65. The van der Waals surface area contributed by atoms with Gasteiger partial charge in [-0.15, -0.1) is 12.4 Å². The van der Waals surface area contributed by atoms with Crippen LogP contribution in [0.5, 0.6) is 0 Å². The van der Waals surface area contributed by atoms with E-state index in [4.69, 9.17) is 10.5 Å². The zero-order valence-corrected chi connectivity index (χ0v) is 8.82. The lowest BCUT2D eigenvalue weighted by molar-refractivity contribution is -0.0697. The summed E-state index contributed by atoms with van der Waals surface area (Å²) < 4.78 is 5.65. The van der Waals surface area contributed by atoms with Gasteiger partial charge in [-0.25, -0.2) is 0 Å². The van der Waals surface area contributed by atoms with E-state index in [0.29, 0.717) is 11.5 Å². The summed E-state index contributed by atoms with van der Waals surface area (Å²) in [5, 5.41) is 0. The lowest BCUT2D eigenvalue weighted by Crippen LogP contribution is -2.38. The summed E-state index contributed by atoms with van der Waals surface area (Å²) in [6, 6.07) is 0. The topological polar surface area (TPSA) is 35.2 Å². The summed E-state index contributed by atoms with van der Waals surface area (Å²) in [5.41, 5.74) is 5.85. The Balaban J connectivity index is 0.00000121. The first kappa shape index (κ1) is 12.2. The Bertz CT molecular complexity index is 126. The van der Waals surface area contributed by atoms with E-state index in [9.17, 15) is 0 Å². The molecule has 0 aromatic heterocycles. The highest BCUT2D eigenvalue weighted by Crippen LogP contribution is 2.34. The number of nitrogens with two attached hydrogens (primary N) is 1. The van der Waals surface area contributed by atoms with E-state index in [1.54, 1.807) is 0 Å². The molecule has 2 N–H and O–H groups in total. The van der Waals surface area contributed by atoms with Gasteiger partial charge in [0.25, 0.3) is 0 Å². The number of rotatable bonds is 2. The second kappa shape index (κ2) is 5.05. The Kier molecular flexibility index (Phi) is 5.14.